The summed E-state index contributed by atoms with van der Waals surface area (Å²) in [7, 11) is 0. The van der Waals surface area contributed by atoms with Gasteiger partial charge in [-0.1, -0.05) is 23.7 Å². The van der Waals surface area contributed by atoms with Crippen LogP contribution in [0.25, 0.3) is 0 Å². The molecule has 2 aromatic carbocycles. The zero-order valence-corrected chi connectivity index (χ0v) is 13.4. The minimum absolute atomic E-state index is 0.0493. The lowest BCUT2D eigenvalue weighted by atomic mass is 10.1. The van der Waals surface area contributed by atoms with E-state index in [-0.39, 0.29) is 30.3 Å². The van der Waals surface area contributed by atoms with Crippen molar-refractivity contribution in [2.24, 2.45) is 0 Å². The van der Waals surface area contributed by atoms with Gasteiger partial charge in [-0.25, -0.2) is 0 Å². The number of carbonyl (C=O) groups is 3. The van der Waals surface area contributed by atoms with Gasteiger partial charge in [0.05, 0.1) is 5.69 Å². The van der Waals surface area contributed by atoms with E-state index in [9.17, 15) is 14.4 Å². The summed E-state index contributed by atoms with van der Waals surface area (Å²) in [5.41, 5.74) is 1.43. The topological polar surface area (TPSA) is 63.2 Å². The van der Waals surface area contributed by atoms with Crippen LogP contribution < -0.4 is 5.32 Å². The number of nitrogens with one attached hydrogen (secondary N) is 1. The Labute approximate surface area is 139 Å². The lowest BCUT2D eigenvalue weighted by Crippen LogP contribution is -2.15. The Bertz CT molecular complexity index is 738. The van der Waals surface area contributed by atoms with Crippen LogP contribution in [0.3, 0.4) is 0 Å². The number of amides is 1. The zero-order valence-electron chi connectivity index (χ0n) is 12.6. The number of para-hydroxylation sites is 1. The molecule has 118 valence electrons. The van der Waals surface area contributed by atoms with Gasteiger partial charge in [-0.05, 0) is 43.3 Å². The first-order valence-electron chi connectivity index (χ1n) is 7.16. The summed E-state index contributed by atoms with van der Waals surface area (Å²) < 4.78 is 0. The summed E-state index contributed by atoms with van der Waals surface area (Å²) in [5, 5.41) is 3.23. The largest absolute Gasteiger partial charge is 0.325 e. The van der Waals surface area contributed by atoms with Crippen LogP contribution in [0.15, 0.2) is 48.5 Å². The molecular weight excluding hydrogens is 314 g/mol. The highest BCUT2D eigenvalue weighted by Gasteiger charge is 2.12. The fourth-order valence-corrected chi connectivity index (χ4v) is 2.24. The highest BCUT2D eigenvalue weighted by atomic mass is 35.5. The number of anilines is 1. The van der Waals surface area contributed by atoms with E-state index in [1.165, 1.54) is 6.92 Å². The van der Waals surface area contributed by atoms with Crippen molar-refractivity contribution in [3.8, 4) is 0 Å². The van der Waals surface area contributed by atoms with Crippen molar-refractivity contribution in [1.29, 1.82) is 0 Å². The molecule has 0 spiro atoms. The number of rotatable bonds is 6. The summed E-state index contributed by atoms with van der Waals surface area (Å²) >= 11 is 5.77. The predicted molar refractivity (Wildman–Crippen MR) is 90.1 cm³/mol. The van der Waals surface area contributed by atoms with E-state index in [0.29, 0.717) is 21.8 Å². The molecule has 0 fully saturated rings. The highest BCUT2D eigenvalue weighted by Crippen LogP contribution is 2.16. The van der Waals surface area contributed by atoms with E-state index < -0.39 is 0 Å². The van der Waals surface area contributed by atoms with Gasteiger partial charge in [-0.15, -0.1) is 0 Å². The SMILES string of the molecule is CC(=O)c1ccccc1NC(=O)CCC(=O)c1ccc(Cl)cc1. The summed E-state index contributed by atoms with van der Waals surface area (Å²) in [4.78, 5) is 35.5. The maximum Gasteiger partial charge on any atom is 0.224 e. The molecule has 0 heterocycles. The minimum Gasteiger partial charge on any atom is -0.325 e. The van der Waals surface area contributed by atoms with Gasteiger partial charge in [0.1, 0.15) is 0 Å². The molecule has 1 N–H and O–H groups in total. The van der Waals surface area contributed by atoms with Crippen LogP contribution in [0.2, 0.25) is 5.02 Å². The second-order valence-electron chi connectivity index (χ2n) is 5.08. The van der Waals surface area contributed by atoms with Crippen LogP contribution in [0.1, 0.15) is 40.5 Å². The van der Waals surface area contributed by atoms with Crippen molar-refractivity contribution in [1.82, 2.24) is 0 Å². The Balaban J connectivity index is 1.94. The summed E-state index contributed by atoms with van der Waals surface area (Å²) in [6.45, 7) is 1.44. The number of halogens is 1. The van der Waals surface area contributed by atoms with Crippen LogP contribution in [-0.2, 0) is 4.79 Å². The van der Waals surface area contributed by atoms with Crippen LogP contribution >= 0.6 is 11.6 Å². The molecule has 0 aromatic heterocycles. The van der Waals surface area contributed by atoms with E-state index >= 15 is 0 Å². The summed E-state index contributed by atoms with van der Waals surface area (Å²) in [6.07, 6.45) is 0.142. The van der Waals surface area contributed by atoms with Crippen molar-refractivity contribution in [3.63, 3.8) is 0 Å². The number of benzene rings is 2. The van der Waals surface area contributed by atoms with Crippen LogP contribution in [0.4, 0.5) is 5.69 Å². The molecule has 0 saturated heterocycles. The van der Waals surface area contributed by atoms with Gasteiger partial charge < -0.3 is 5.32 Å². The molecule has 2 aromatic rings. The summed E-state index contributed by atoms with van der Waals surface area (Å²) in [5.74, 6) is -0.559. The van der Waals surface area contributed by atoms with E-state index in [2.05, 4.69) is 5.32 Å². The maximum atomic E-state index is 12.0. The Hall–Kier alpha value is -2.46. The van der Waals surface area contributed by atoms with E-state index in [4.69, 9.17) is 11.6 Å². The van der Waals surface area contributed by atoms with Gasteiger partial charge in [0, 0.05) is 29.0 Å². The van der Waals surface area contributed by atoms with E-state index in [1.54, 1.807) is 48.5 Å². The monoisotopic (exact) mass is 329 g/mol. The van der Waals surface area contributed by atoms with Gasteiger partial charge in [-0.2, -0.15) is 0 Å². The van der Waals surface area contributed by atoms with Crippen molar-refractivity contribution in [3.05, 3.63) is 64.7 Å². The molecule has 4 nitrogen and oxygen atoms in total. The predicted octanol–water partition coefficient (Wildman–Crippen LogP) is 4.14. The molecule has 0 aliphatic heterocycles. The molecule has 0 saturated carbocycles. The Kier molecular flexibility index (Phi) is 5.66. The minimum atomic E-state index is -0.305. The molecular formula is C18H16ClNO3. The molecule has 0 atom stereocenters. The number of hydrogen-bond donors (Lipinski definition) is 1. The first-order valence-corrected chi connectivity index (χ1v) is 7.54. The normalized spacial score (nSPS) is 10.2. The molecule has 0 aliphatic carbocycles. The van der Waals surface area contributed by atoms with E-state index in [0.717, 1.165) is 0 Å². The fourth-order valence-electron chi connectivity index (χ4n) is 2.12. The second-order valence-corrected chi connectivity index (χ2v) is 5.52. The third kappa shape index (κ3) is 4.76. The molecule has 0 aliphatic rings. The quantitative estimate of drug-likeness (QED) is 0.810. The lowest BCUT2D eigenvalue weighted by molar-refractivity contribution is -0.116. The van der Waals surface area contributed by atoms with Crippen LogP contribution in [0.5, 0.6) is 0 Å². The first-order chi connectivity index (χ1) is 11.0. The molecule has 23 heavy (non-hydrogen) atoms. The first kappa shape index (κ1) is 16.9. The molecule has 5 heteroatoms. The smallest absolute Gasteiger partial charge is 0.224 e. The van der Waals surface area contributed by atoms with Crippen molar-refractivity contribution < 1.29 is 14.4 Å². The van der Waals surface area contributed by atoms with Gasteiger partial charge >= 0.3 is 0 Å². The van der Waals surface area contributed by atoms with Crippen molar-refractivity contribution in [2.75, 3.05) is 5.32 Å². The lowest BCUT2D eigenvalue weighted by Gasteiger charge is -2.08. The molecule has 0 unspecified atom stereocenters. The van der Waals surface area contributed by atoms with Gasteiger partial charge in [0.2, 0.25) is 5.91 Å². The summed E-state index contributed by atoms with van der Waals surface area (Å²) in [6, 6.07) is 13.3. The van der Waals surface area contributed by atoms with Crippen molar-refractivity contribution >= 4 is 34.8 Å². The van der Waals surface area contributed by atoms with Gasteiger partial charge in [0.25, 0.3) is 0 Å². The third-order valence-corrected chi connectivity index (χ3v) is 3.58. The Morgan fingerprint density at radius 1 is 0.957 bits per heavy atom. The van der Waals surface area contributed by atoms with Crippen LogP contribution in [-0.4, -0.2) is 17.5 Å². The zero-order chi connectivity index (χ0) is 16.8. The standard InChI is InChI=1S/C18H16ClNO3/c1-12(21)15-4-2-3-5-16(15)20-18(23)11-10-17(22)13-6-8-14(19)9-7-13/h2-9H,10-11H2,1H3,(H,20,23). The average molecular weight is 330 g/mol. The highest BCUT2D eigenvalue weighted by molar-refractivity contribution is 6.30. The number of ketones is 2. The second kappa shape index (κ2) is 7.70. The Morgan fingerprint density at radius 3 is 2.26 bits per heavy atom. The molecule has 0 bridgehead atoms. The third-order valence-electron chi connectivity index (χ3n) is 3.33. The molecule has 2 rings (SSSR count). The van der Waals surface area contributed by atoms with Gasteiger partial charge in [0.15, 0.2) is 11.6 Å². The number of Topliss-reactive ketones (excluding diaryl/α,β-unsaturated/α-hetero) is 2. The fraction of sp³-hybridized carbons (Fsp3) is 0.167. The molecule has 0 radical (unpaired) electrons. The molecule has 1 amide bonds. The van der Waals surface area contributed by atoms with Crippen LogP contribution in [0, 0.1) is 0 Å². The maximum absolute atomic E-state index is 12.0. The Morgan fingerprint density at radius 2 is 1.61 bits per heavy atom. The van der Waals surface area contributed by atoms with E-state index in [1.807, 2.05) is 0 Å². The van der Waals surface area contributed by atoms with Crippen molar-refractivity contribution in [2.45, 2.75) is 19.8 Å². The van der Waals surface area contributed by atoms with Gasteiger partial charge in [-0.3, -0.25) is 14.4 Å². The number of hydrogen-bond acceptors (Lipinski definition) is 3. The average Bonchev–Trinajstić information content (AvgIpc) is 2.53. The number of carbonyl (C=O) groups excluding carboxylic acids is 3.